The van der Waals surface area contributed by atoms with Gasteiger partial charge in [0.15, 0.2) is 0 Å². The monoisotopic (exact) mass is 392 g/mol. The number of aromatic carboxylic acids is 2. The van der Waals surface area contributed by atoms with Gasteiger partial charge >= 0.3 is 24.0 Å². The second-order valence-electron chi connectivity index (χ2n) is 5.50. The normalized spacial score (nSPS) is 12.7. The highest BCUT2D eigenvalue weighted by Crippen LogP contribution is 2.54. The maximum atomic E-state index is 15.6. The molecular formula is C17H10F6O4. The molecule has 0 unspecified atom stereocenters. The van der Waals surface area contributed by atoms with E-state index in [-0.39, 0.29) is 0 Å². The van der Waals surface area contributed by atoms with Crippen LogP contribution in [0.4, 0.5) is 26.3 Å². The highest BCUT2D eigenvalue weighted by atomic mass is 19.4. The summed E-state index contributed by atoms with van der Waals surface area (Å²) in [6.45, 7) is 0. The molecule has 0 saturated carbocycles. The number of halogens is 6. The number of alkyl halides is 6. The number of carboxylic acids is 2. The molecule has 0 fully saturated rings. The van der Waals surface area contributed by atoms with Crippen molar-refractivity contribution in [3.8, 4) is 0 Å². The van der Waals surface area contributed by atoms with E-state index >= 15 is 4.39 Å². The van der Waals surface area contributed by atoms with E-state index in [1.54, 1.807) is 0 Å². The van der Waals surface area contributed by atoms with Crippen LogP contribution in [0.1, 0.15) is 31.8 Å². The van der Waals surface area contributed by atoms with E-state index in [4.69, 9.17) is 10.2 Å². The fourth-order valence-corrected chi connectivity index (χ4v) is 2.46. The number of rotatable bonds is 5. The Morgan fingerprint density at radius 2 is 1.07 bits per heavy atom. The molecule has 10 heteroatoms. The van der Waals surface area contributed by atoms with E-state index in [9.17, 15) is 31.5 Å². The van der Waals surface area contributed by atoms with E-state index in [0.29, 0.717) is 24.3 Å². The number of benzene rings is 2. The molecule has 0 aliphatic carbocycles. The van der Waals surface area contributed by atoms with Crippen LogP contribution in [-0.2, 0) is 5.67 Å². The largest absolute Gasteiger partial charge is 0.478 e. The lowest BCUT2D eigenvalue weighted by molar-refractivity contribution is -0.323. The fourth-order valence-electron chi connectivity index (χ4n) is 2.46. The zero-order valence-electron chi connectivity index (χ0n) is 13.1. The molecule has 0 bridgehead atoms. The summed E-state index contributed by atoms with van der Waals surface area (Å²) in [7, 11) is 0. The van der Waals surface area contributed by atoms with Gasteiger partial charge in [0.2, 0.25) is 5.67 Å². The molecule has 2 N–H and O–H groups in total. The molecule has 0 aromatic heterocycles. The first-order valence-corrected chi connectivity index (χ1v) is 7.13. The van der Waals surface area contributed by atoms with Crippen molar-refractivity contribution >= 4 is 11.9 Å². The van der Waals surface area contributed by atoms with Gasteiger partial charge in [-0.25, -0.2) is 14.0 Å². The van der Waals surface area contributed by atoms with Gasteiger partial charge in [-0.05, 0) is 24.3 Å². The molecule has 4 nitrogen and oxygen atoms in total. The van der Waals surface area contributed by atoms with Gasteiger partial charge < -0.3 is 10.2 Å². The third kappa shape index (κ3) is 3.34. The fraction of sp³-hybridized carbons (Fsp3) is 0.176. The molecule has 0 atom stereocenters. The van der Waals surface area contributed by atoms with E-state index in [1.807, 2.05) is 0 Å². The van der Waals surface area contributed by atoms with E-state index < -0.39 is 52.0 Å². The summed E-state index contributed by atoms with van der Waals surface area (Å²) >= 11 is 0. The third-order valence-corrected chi connectivity index (χ3v) is 3.80. The second kappa shape index (κ2) is 6.60. The van der Waals surface area contributed by atoms with Gasteiger partial charge in [-0.15, -0.1) is 0 Å². The molecule has 0 spiro atoms. The lowest BCUT2D eigenvalue weighted by Gasteiger charge is -2.35. The van der Waals surface area contributed by atoms with Gasteiger partial charge in [-0.2, -0.15) is 22.0 Å². The summed E-state index contributed by atoms with van der Waals surface area (Å²) in [5.74, 6) is -9.34. The van der Waals surface area contributed by atoms with Crippen LogP contribution in [0, 0.1) is 0 Å². The van der Waals surface area contributed by atoms with E-state index in [1.165, 1.54) is 0 Å². The summed E-state index contributed by atoms with van der Waals surface area (Å²) in [6, 6.07) is 5.20. The average molecular weight is 392 g/mol. The van der Waals surface area contributed by atoms with Gasteiger partial charge in [-0.1, -0.05) is 24.3 Å². The molecule has 0 heterocycles. The molecular weight excluding hydrogens is 382 g/mol. The summed E-state index contributed by atoms with van der Waals surface area (Å²) in [5.41, 5.74) is -8.58. The smallest absolute Gasteiger partial charge is 0.457 e. The van der Waals surface area contributed by atoms with Gasteiger partial charge in [0, 0.05) is 11.1 Å². The van der Waals surface area contributed by atoms with Gasteiger partial charge in [0.05, 0.1) is 11.1 Å². The summed E-state index contributed by atoms with van der Waals surface area (Å²) in [4.78, 5) is 22.0. The van der Waals surface area contributed by atoms with Crippen molar-refractivity contribution in [1.82, 2.24) is 0 Å². The number of carboxylic acid groups (broad SMARTS) is 2. The highest BCUT2D eigenvalue weighted by Gasteiger charge is 2.72. The van der Waals surface area contributed by atoms with Crippen molar-refractivity contribution in [1.29, 1.82) is 0 Å². The first-order valence-electron chi connectivity index (χ1n) is 7.13. The van der Waals surface area contributed by atoms with Gasteiger partial charge in [0.1, 0.15) is 0 Å². The van der Waals surface area contributed by atoms with Crippen LogP contribution in [0.25, 0.3) is 0 Å². The Morgan fingerprint density at radius 3 is 1.37 bits per heavy atom. The van der Waals surface area contributed by atoms with Crippen LogP contribution < -0.4 is 0 Å². The lowest BCUT2D eigenvalue weighted by atomic mass is 9.81. The van der Waals surface area contributed by atoms with Crippen LogP contribution in [-0.4, -0.2) is 34.3 Å². The second-order valence-corrected chi connectivity index (χ2v) is 5.50. The quantitative estimate of drug-likeness (QED) is 0.736. The Morgan fingerprint density at radius 1 is 0.704 bits per heavy atom. The van der Waals surface area contributed by atoms with Crippen molar-refractivity contribution in [2.24, 2.45) is 0 Å². The molecule has 0 radical (unpaired) electrons. The Kier molecular flexibility index (Phi) is 4.96. The Hall–Kier alpha value is -3.04. The van der Waals surface area contributed by atoms with Crippen LogP contribution in [0.2, 0.25) is 0 Å². The van der Waals surface area contributed by atoms with Crippen molar-refractivity contribution in [2.75, 3.05) is 0 Å². The molecule has 2 rings (SSSR count). The zero-order chi connectivity index (χ0) is 20.6. The molecule has 0 amide bonds. The molecule has 2 aromatic rings. The van der Waals surface area contributed by atoms with Crippen molar-refractivity contribution in [2.45, 2.75) is 17.8 Å². The minimum Gasteiger partial charge on any atom is -0.478 e. The molecule has 2 aromatic carbocycles. The van der Waals surface area contributed by atoms with Crippen LogP contribution in [0.3, 0.4) is 0 Å². The van der Waals surface area contributed by atoms with Crippen LogP contribution in [0.15, 0.2) is 48.5 Å². The first-order chi connectivity index (χ1) is 12.3. The van der Waals surface area contributed by atoms with E-state index in [0.717, 1.165) is 24.3 Å². The summed E-state index contributed by atoms with van der Waals surface area (Å²) in [6.07, 6.45) is -6.35. The minimum atomic E-state index is -6.35. The molecule has 144 valence electrons. The summed E-state index contributed by atoms with van der Waals surface area (Å²) < 4.78 is 83.0. The standard InChI is InChI=1S/C17H10F6O4/c18-15(16(19,20)17(21,22)23,11-5-1-3-9(7-11)13(24)25)12-6-2-4-10(8-12)14(26)27/h1-8H,(H,24,25)(H,26,27). The number of hydrogen-bond donors (Lipinski definition) is 2. The maximum Gasteiger partial charge on any atom is 0.457 e. The molecule has 27 heavy (non-hydrogen) atoms. The molecule has 0 aliphatic heterocycles. The molecule has 0 saturated heterocycles. The third-order valence-electron chi connectivity index (χ3n) is 3.80. The first kappa shape index (κ1) is 20.3. The SMILES string of the molecule is O=C(O)c1cccc(C(F)(c2cccc(C(=O)O)c2)C(F)(F)C(F)(F)F)c1. The van der Waals surface area contributed by atoms with Gasteiger partial charge in [0.25, 0.3) is 0 Å². The van der Waals surface area contributed by atoms with Crippen molar-refractivity contribution in [3.05, 3.63) is 70.8 Å². The maximum absolute atomic E-state index is 15.6. The zero-order valence-corrected chi connectivity index (χ0v) is 13.1. The van der Waals surface area contributed by atoms with Crippen LogP contribution >= 0.6 is 0 Å². The predicted octanol–water partition coefficient (Wildman–Crippen LogP) is 4.49. The highest BCUT2D eigenvalue weighted by molar-refractivity contribution is 5.88. The molecule has 0 aliphatic rings. The Labute approximate surface area is 147 Å². The van der Waals surface area contributed by atoms with E-state index in [2.05, 4.69) is 0 Å². The lowest BCUT2D eigenvalue weighted by Crippen LogP contribution is -2.53. The van der Waals surface area contributed by atoms with Crippen molar-refractivity contribution < 1.29 is 46.1 Å². The average Bonchev–Trinajstić information content (AvgIpc) is 2.60. The van der Waals surface area contributed by atoms with Gasteiger partial charge in [-0.3, -0.25) is 0 Å². The minimum absolute atomic E-state index is 0.343. The number of carbonyl (C=O) groups is 2. The Bertz CT molecular complexity index is 833. The van der Waals surface area contributed by atoms with Crippen molar-refractivity contribution in [3.63, 3.8) is 0 Å². The van der Waals surface area contributed by atoms with Crippen LogP contribution in [0.5, 0.6) is 0 Å². The topological polar surface area (TPSA) is 74.6 Å². The number of hydrogen-bond acceptors (Lipinski definition) is 2. The predicted molar refractivity (Wildman–Crippen MR) is 79.7 cm³/mol. The Balaban J connectivity index is 2.85. The summed E-state index contributed by atoms with van der Waals surface area (Å²) in [5, 5.41) is 17.8.